The molecule has 0 unspecified atom stereocenters. The third-order valence-corrected chi connectivity index (χ3v) is 2.94. The quantitative estimate of drug-likeness (QED) is 0.599. The van der Waals surface area contributed by atoms with Crippen LogP contribution in [0.4, 0.5) is 0 Å². The molecule has 0 aromatic heterocycles. The molecule has 0 amide bonds. The van der Waals surface area contributed by atoms with Crippen LogP contribution in [0.1, 0.15) is 40.5 Å². The van der Waals surface area contributed by atoms with E-state index in [2.05, 4.69) is 31.7 Å². The second-order valence-corrected chi connectivity index (χ2v) is 3.87. The summed E-state index contributed by atoms with van der Waals surface area (Å²) in [7, 11) is 2.19. The predicted octanol–water partition coefficient (Wildman–Crippen LogP) is 3.59. The minimum Gasteiger partial charge on any atom is -0.377 e. The van der Waals surface area contributed by atoms with Gasteiger partial charge in [-0.3, -0.25) is 0 Å². The minimum absolute atomic E-state index is 0. The molecule has 13 heavy (non-hydrogen) atoms. The molecule has 1 nitrogen and oxygen atoms in total. The van der Waals surface area contributed by atoms with E-state index in [4.69, 9.17) is 0 Å². The van der Waals surface area contributed by atoms with Crippen molar-refractivity contribution in [2.75, 3.05) is 7.05 Å². The first kappa shape index (κ1) is 10.4. The van der Waals surface area contributed by atoms with Crippen LogP contribution in [0, 0.1) is 0 Å². The summed E-state index contributed by atoms with van der Waals surface area (Å²) in [6.07, 6.45) is 10.8. The van der Waals surface area contributed by atoms with Gasteiger partial charge in [0.15, 0.2) is 0 Å². The summed E-state index contributed by atoms with van der Waals surface area (Å²) in [6, 6.07) is 0.779. The average Bonchev–Trinajstić information content (AvgIpc) is 2.66. The average molecular weight is 181 g/mol. The zero-order valence-electron chi connectivity index (χ0n) is 8.92. The van der Waals surface area contributed by atoms with Crippen LogP contribution >= 0.6 is 0 Å². The van der Waals surface area contributed by atoms with Crippen molar-refractivity contribution >= 4 is 0 Å². The Morgan fingerprint density at radius 3 is 2.62 bits per heavy atom. The van der Waals surface area contributed by atoms with Gasteiger partial charge in [0.2, 0.25) is 0 Å². The van der Waals surface area contributed by atoms with Crippen LogP contribution in [0.5, 0.6) is 0 Å². The fourth-order valence-electron chi connectivity index (χ4n) is 1.97. The molecule has 0 heterocycles. The maximum absolute atomic E-state index is 3.82. The largest absolute Gasteiger partial charge is 0.377 e. The van der Waals surface area contributed by atoms with Gasteiger partial charge in [0.1, 0.15) is 0 Å². The number of rotatable bonds is 4. The highest BCUT2D eigenvalue weighted by atomic mass is 15.1. The summed E-state index contributed by atoms with van der Waals surface area (Å²) < 4.78 is 0. The molecular weight excluding hydrogens is 158 g/mol. The van der Waals surface area contributed by atoms with Crippen molar-refractivity contribution in [3.8, 4) is 0 Å². The van der Waals surface area contributed by atoms with Crippen molar-refractivity contribution < 1.29 is 1.43 Å². The molecule has 0 spiro atoms. The van der Waals surface area contributed by atoms with Crippen molar-refractivity contribution in [1.29, 1.82) is 0 Å². The molecule has 1 fully saturated rings. The molecule has 0 aromatic rings. The Hall–Kier alpha value is -0.720. The number of hydrogen-bond donors (Lipinski definition) is 0. The second kappa shape index (κ2) is 5.11. The van der Waals surface area contributed by atoms with Gasteiger partial charge in [0.05, 0.1) is 0 Å². The van der Waals surface area contributed by atoms with Crippen molar-refractivity contribution in [2.45, 2.75) is 45.1 Å². The summed E-state index contributed by atoms with van der Waals surface area (Å²) in [5, 5.41) is 0. The molecule has 0 bridgehead atoms. The molecule has 0 radical (unpaired) electrons. The number of nitrogens with zero attached hydrogens (tertiary/aromatic N) is 1. The minimum atomic E-state index is 0. The van der Waals surface area contributed by atoms with Gasteiger partial charge in [-0.25, -0.2) is 0 Å². The highest BCUT2D eigenvalue weighted by Crippen LogP contribution is 2.23. The van der Waals surface area contributed by atoms with Crippen molar-refractivity contribution in [3.05, 3.63) is 24.4 Å². The third-order valence-electron chi connectivity index (χ3n) is 2.94. The smallest absolute Gasteiger partial charge is 0.0281 e. The second-order valence-electron chi connectivity index (χ2n) is 3.87. The maximum atomic E-state index is 3.82. The van der Waals surface area contributed by atoms with E-state index in [9.17, 15) is 0 Å². The molecule has 1 heteroatoms. The Labute approximate surface area is 83.6 Å². The fourth-order valence-corrected chi connectivity index (χ4v) is 1.97. The first-order valence-electron chi connectivity index (χ1n) is 5.33. The zero-order chi connectivity index (χ0) is 9.68. The molecule has 1 aliphatic rings. The van der Waals surface area contributed by atoms with Crippen molar-refractivity contribution in [3.63, 3.8) is 0 Å². The van der Waals surface area contributed by atoms with Gasteiger partial charge in [-0.2, -0.15) is 0 Å². The van der Waals surface area contributed by atoms with Crippen LogP contribution in [0.3, 0.4) is 0 Å². The summed E-state index contributed by atoms with van der Waals surface area (Å²) in [5.41, 5.74) is 1.34. The van der Waals surface area contributed by atoms with E-state index in [0.717, 1.165) is 12.5 Å². The van der Waals surface area contributed by atoms with Gasteiger partial charge in [-0.05, 0) is 24.8 Å². The Morgan fingerprint density at radius 1 is 1.54 bits per heavy atom. The lowest BCUT2D eigenvalue weighted by molar-refractivity contribution is 0.333. The molecule has 0 aromatic carbocycles. The Morgan fingerprint density at radius 2 is 2.15 bits per heavy atom. The van der Waals surface area contributed by atoms with Crippen LogP contribution in [0.15, 0.2) is 24.4 Å². The lowest BCUT2D eigenvalue weighted by Gasteiger charge is -2.23. The van der Waals surface area contributed by atoms with E-state index in [1.54, 1.807) is 0 Å². The predicted molar refractivity (Wildman–Crippen MR) is 60.7 cm³/mol. The first-order valence-corrected chi connectivity index (χ1v) is 5.33. The molecule has 1 saturated carbocycles. The summed E-state index contributed by atoms with van der Waals surface area (Å²) >= 11 is 0. The van der Waals surface area contributed by atoms with Gasteiger partial charge in [0, 0.05) is 20.7 Å². The van der Waals surface area contributed by atoms with E-state index in [1.807, 2.05) is 6.08 Å². The fraction of sp³-hybridized carbons (Fsp3) is 0.667. The molecule has 0 aliphatic heterocycles. The molecule has 1 rings (SSSR count). The van der Waals surface area contributed by atoms with Crippen LogP contribution in [0.2, 0.25) is 0 Å². The molecule has 1 aliphatic carbocycles. The Bertz CT molecular complexity index is 192. The maximum Gasteiger partial charge on any atom is 0.0281 e. The summed E-state index contributed by atoms with van der Waals surface area (Å²) in [6.45, 7) is 5.99. The molecule has 0 N–H and O–H groups in total. The van der Waals surface area contributed by atoms with Crippen molar-refractivity contribution in [2.24, 2.45) is 0 Å². The first-order chi connectivity index (χ1) is 6.27. The number of hydrogen-bond acceptors (Lipinski definition) is 1. The van der Waals surface area contributed by atoms with Gasteiger partial charge < -0.3 is 4.90 Å². The zero-order valence-corrected chi connectivity index (χ0v) is 8.92. The summed E-state index contributed by atoms with van der Waals surface area (Å²) in [5.74, 6) is 0. The Kier molecular flexibility index (Phi) is 4.07. The third kappa shape index (κ3) is 2.91. The van der Waals surface area contributed by atoms with E-state index in [-0.39, 0.29) is 1.43 Å². The lowest BCUT2D eigenvalue weighted by atomic mass is 10.2. The topological polar surface area (TPSA) is 3.24 Å². The van der Waals surface area contributed by atoms with E-state index in [1.165, 1.54) is 31.3 Å². The van der Waals surface area contributed by atoms with E-state index in [0.29, 0.717) is 0 Å². The highest BCUT2D eigenvalue weighted by Gasteiger charge is 2.17. The summed E-state index contributed by atoms with van der Waals surface area (Å²) in [4.78, 5) is 2.37. The standard InChI is InChI=1S/C12H21N.H2/c1-4-11(5-2)10-13(3)12-8-6-7-9-12;/h4,10,12H,1,5-9H2,2-3H3;1H/b11-10+;. The van der Waals surface area contributed by atoms with Crippen molar-refractivity contribution in [1.82, 2.24) is 4.90 Å². The van der Waals surface area contributed by atoms with Crippen LogP contribution < -0.4 is 0 Å². The van der Waals surface area contributed by atoms with E-state index < -0.39 is 0 Å². The highest BCUT2D eigenvalue weighted by molar-refractivity contribution is 5.15. The van der Waals surface area contributed by atoms with E-state index >= 15 is 0 Å². The van der Waals surface area contributed by atoms with Gasteiger partial charge in [-0.15, -0.1) is 0 Å². The van der Waals surface area contributed by atoms with Crippen LogP contribution in [-0.2, 0) is 0 Å². The van der Waals surface area contributed by atoms with Crippen LogP contribution in [0.25, 0.3) is 0 Å². The monoisotopic (exact) mass is 181 g/mol. The SMILES string of the molecule is C=C/C(=C\N(C)C1CCCC1)CC.[HH]. The van der Waals surface area contributed by atoms with Gasteiger partial charge >= 0.3 is 0 Å². The van der Waals surface area contributed by atoms with Gasteiger partial charge in [-0.1, -0.05) is 32.4 Å². The molecule has 76 valence electrons. The van der Waals surface area contributed by atoms with Crippen LogP contribution in [-0.4, -0.2) is 18.0 Å². The molecular formula is C12H23N. The Balaban J connectivity index is 0.00000169. The van der Waals surface area contributed by atoms with Gasteiger partial charge in [0.25, 0.3) is 0 Å². The lowest BCUT2D eigenvalue weighted by Crippen LogP contribution is -2.23. The molecule has 0 saturated heterocycles. The number of allylic oxidation sites excluding steroid dienone is 2. The normalized spacial score (nSPS) is 19.1. The molecule has 0 atom stereocenters.